The molecule has 2 heterocycles. The summed E-state index contributed by atoms with van der Waals surface area (Å²) < 4.78 is 1.64. The van der Waals surface area contributed by atoms with Crippen LogP contribution in [0.3, 0.4) is 0 Å². The highest BCUT2D eigenvalue weighted by Gasteiger charge is 2.41. The third-order valence-electron chi connectivity index (χ3n) is 3.46. The number of anilines is 1. The van der Waals surface area contributed by atoms with Crippen LogP contribution in [0.4, 0.5) is 5.95 Å². The van der Waals surface area contributed by atoms with Crippen LogP contribution in [0.25, 0.3) is 11.2 Å². The molecule has 8 heteroatoms. The van der Waals surface area contributed by atoms with Gasteiger partial charge in [0, 0.05) is 12.5 Å². The number of nitrogens with one attached hydrogen (secondary N) is 1. The van der Waals surface area contributed by atoms with E-state index in [0.717, 1.165) is 0 Å². The molecule has 1 saturated carbocycles. The van der Waals surface area contributed by atoms with Crippen molar-refractivity contribution < 1.29 is 10.2 Å². The molecule has 0 radical (unpaired) electrons. The molecule has 0 amide bonds. The highest BCUT2D eigenvalue weighted by molar-refractivity contribution is 5.70. The first kappa shape index (κ1) is 11.2. The maximum atomic E-state index is 11.6. The van der Waals surface area contributed by atoms with Crippen LogP contribution in [-0.4, -0.2) is 42.4 Å². The maximum absolute atomic E-state index is 11.6. The van der Waals surface area contributed by atoms with Gasteiger partial charge in [-0.2, -0.15) is 4.98 Å². The highest BCUT2D eigenvalue weighted by atomic mass is 16.3. The van der Waals surface area contributed by atoms with Gasteiger partial charge in [-0.3, -0.25) is 9.78 Å². The van der Waals surface area contributed by atoms with Gasteiger partial charge in [-0.15, -0.1) is 0 Å². The summed E-state index contributed by atoms with van der Waals surface area (Å²) in [5.74, 6) is -0.117. The van der Waals surface area contributed by atoms with Gasteiger partial charge in [0.15, 0.2) is 11.2 Å². The molecule has 0 unspecified atom stereocenters. The van der Waals surface area contributed by atoms with Crippen LogP contribution >= 0.6 is 0 Å². The number of nitrogens with two attached hydrogens (primary N) is 1. The SMILES string of the molecule is Nc1nc2c(ncn2[C@H]2C[C@@H](CO)[C@@H]2O)c(=O)[nH]1. The number of nitrogen functional groups attached to an aromatic ring is 1. The van der Waals surface area contributed by atoms with Gasteiger partial charge in [0.2, 0.25) is 5.95 Å². The molecule has 2 aromatic rings. The smallest absolute Gasteiger partial charge is 0.280 e. The lowest BCUT2D eigenvalue weighted by Gasteiger charge is -2.40. The molecule has 96 valence electrons. The summed E-state index contributed by atoms with van der Waals surface area (Å²) in [7, 11) is 0. The molecule has 0 saturated heterocycles. The summed E-state index contributed by atoms with van der Waals surface area (Å²) in [5.41, 5.74) is 5.65. The Morgan fingerprint density at radius 1 is 1.61 bits per heavy atom. The second-order valence-corrected chi connectivity index (χ2v) is 4.51. The average molecular weight is 251 g/mol. The van der Waals surface area contributed by atoms with Gasteiger partial charge < -0.3 is 20.5 Å². The van der Waals surface area contributed by atoms with E-state index in [0.29, 0.717) is 12.1 Å². The minimum Gasteiger partial charge on any atom is -0.396 e. The lowest BCUT2D eigenvalue weighted by atomic mass is 9.77. The van der Waals surface area contributed by atoms with Crippen molar-refractivity contribution in [2.24, 2.45) is 5.92 Å². The number of nitrogens with zero attached hydrogens (tertiary/aromatic N) is 3. The van der Waals surface area contributed by atoms with Gasteiger partial charge >= 0.3 is 0 Å². The summed E-state index contributed by atoms with van der Waals surface area (Å²) in [4.78, 5) is 22.0. The molecule has 18 heavy (non-hydrogen) atoms. The molecule has 0 spiro atoms. The van der Waals surface area contributed by atoms with Crippen LogP contribution in [0.2, 0.25) is 0 Å². The normalized spacial score (nSPS) is 27.3. The summed E-state index contributed by atoms with van der Waals surface area (Å²) >= 11 is 0. The Morgan fingerprint density at radius 2 is 2.39 bits per heavy atom. The molecule has 5 N–H and O–H groups in total. The number of fused-ring (bicyclic) bond motifs is 1. The quantitative estimate of drug-likeness (QED) is 0.520. The predicted molar refractivity (Wildman–Crippen MR) is 62.8 cm³/mol. The number of hydrogen-bond donors (Lipinski definition) is 4. The number of imidazole rings is 1. The molecular formula is C10H13N5O3. The van der Waals surface area contributed by atoms with Crippen molar-refractivity contribution in [3.8, 4) is 0 Å². The van der Waals surface area contributed by atoms with Crippen LogP contribution in [0.5, 0.6) is 0 Å². The number of hydrogen-bond acceptors (Lipinski definition) is 6. The zero-order chi connectivity index (χ0) is 12.9. The summed E-state index contributed by atoms with van der Waals surface area (Å²) in [6.07, 6.45) is 1.43. The second-order valence-electron chi connectivity index (χ2n) is 4.51. The minimum absolute atomic E-state index is 0.0155. The zero-order valence-corrected chi connectivity index (χ0v) is 9.45. The number of aliphatic hydroxyl groups excluding tert-OH is 2. The first-order valence-electron chi connectivity index (χ1n) is 5.63. The predicted octanol–water partition coefficient (Wildman–Crippen LogP) is -1.38. The zero-order valence-electron chi connectivity index (χ0n) is 9.45. The Hall–Kier alpha value is -1.93. The van der Waals surface area contributed by atoms with Crippen LogP contribution < -0.4 is 11.3 Å². The van der Waals surface area contributed by atoms with E-state index in [2.05, 4.69) is 15.0 Å². The molecule has 0 bridgehead atoms. The van der Waals surface area contributed by atoms with E-state index in [1.54, 1.807) is 4.57 Å². The fourth-order valence-corrected chi connectivity index (χ4v) is 2.35. The van der Waals surface area contributed by atoms with Gasteiger partial charge in [-0.05, 0) is 6.42 Å². The number of aliphatic hydroxyl groups is 2. The fraction of sp³-hybridized carbons (Fsp3) is 0.500. The molecular weight excluding hydrogens is 238 g/mol. The summed E-state index contributed by atoms with van der Waals surface area (Å²) in [5, 5.41) is 18.9. The third kappa shape index (κ3) is 1.42. The topological polar surface area (TPSA) is 130 Å². The Kier molecular flexibility index (Phi) is 2.35. The molecule has 8 nitrogen and oxygen atoms in total. The number of rotatable bonds is 2. The molecule has 2 aromatic heterocycles. The van der Waals surface area contributed by atoms with Gasteiger partial charge in [-0.25, -0.2) is 4.98 Å². The molecule has 1 aliphatic rings. The molecule has 1 fully saturated rings. The Morgan fingerprint density at radius 3 is 3.06 bits per heavy atom. The van der Waals surface area contributed by atoms with E-state index in [9.17, 15) is 9.90 Å². The number of H-pyrrole nitrogens is 1. The van der Waals surface area contributed by atoms with Crippen LogP contribution in [-0.2, 0) is 0 Å². The molecule has 1 aliphatic carbocycles. The number of aromatic nitrogens is 4. The van der Waals surface area contributed by atoms with E-state index in [1.165, 1.54) is 6.33 Å². The third-order valence-corrected chi connectivity index (χ3v) is 3.46. The largest absolute Gasteiger partial charge is 0.396 e. The molecule has 0 aromatic carbocycles. The lowest BCUT2D eigenvalue weighted by Crippen LogP contribution is -2.45. The van der Waals surface area contributed by atoms with Gasteiger partial charge in [0.1, 0.15) is 0 Å². The van der Waals surface area contributed by atoms with Crippen molar-refractivity contribution in [3.05, 3.63) is 16.7 Å². The van der Waals surface area contributed by atoms with Crippen molar-refractivity contribution in [1.29, 1.82) is 0 Å². The van der Waals surface area contributed by atoms with Crippen molar-refractivity contribution in [1.82, 2.24) is 19.5 Å². The highest BCUT2D eigenvalue weighted by Crippen LogP contribution is 2.38. The van der Waals surface area contributed by atoms with Crippen molar-refractivity contribution in [3.63, 3.8) is 0 Å². The van der Waals surface area contributed by atoms with E-state index in [-0.39, 0.29) is 30.0 Å². The maximum Gasteiger partial charge on any atom is 0.280 e. The van der Waals surface area contributed by atoms with Crippen LogP contribution in [0, 0.1) is 5.92 Å². The van der Waals surface area contributed by atoms with Crippen molar-refractivity contribution in [2.75, 3.05) is 12.3 Å². The van der Waals surface area contributed by atoms with E-state index >= 15 is 0 Å². The monoisotopic (exact) mass is 251 g/mol. The Balaban J connectivity index is 2.06. The average Bonchev–Trinajstić information content (AvgIpc) is 2.72. The van der Waals surface area contributed by atoms with Crippen LogP contribution in [0.1, 0.15) is 12.5 Å². The Bertz CT molecular complexity index is 648. The summed E-state index contributed by atoms with van der Waals surface area (Å²) in [6.45, 7) is -0.0551. The fourth-order valence-electron chi connectivity index (χ4n) is 2.35. The van der Waals surface area contributed by atoms with Crippen molar-refractivity contribution >= 4 is 17.1 Å². The second kappa shape index (κ2) is 3.79. The van der Waals surface area contributed by atoms with Crippen LogP contribution in [0.15, 0.2) is 11.1 Å². The minimum atomic E-state index is -0.658. The Labute approximate surface area is 101 Å². The first-order chi connectivity index (χ1) is 8.61. The van der Waals surface area contributed by atoms with E-state index < -0.39 is 11.7 Å². The van der Waals surface area contributed by atoms with Gasteiger partial charge in [-0.1, -0.05) is 0 Å². The van der Waals surface area contributed by atoms with Gasteiger partial charge in [0.25, 0.3) is 5.56 Å². The molecule has 3 atom stereocenters. The standard InChI is InChI=1S/C10H13N5O3/c11-10-13-8-6(9(18)14-10)12-3-15(8)5-1-4(2-16)7(5)17/h3-5,7,16-17H,1-2H2,(H3,11,13,14,18)/t4-,5-,7-/m0/s1. The molecule has 0 aliphatic heterocycles. The first-order valence-corrected chi connectivity index (χ1v) is 5.63. The number of aromatic amines is 1. The van der Waals surface area contributed by atoms with E-state index in [1.807, 2.05) is 0 Å². The van der Waals surface area contributed by atoms with Gasteiger partial charge in [0.05, 0.1) is 18.5 Å². The lowest BCUT2D eigenvalue weighted by molar-refractivity contribution is -0.0550. The van der Waals surface area contributed by atoms with E-state index in [4.69, 9.17) is 10.8 Å². The summed E-state index contributed by atoms with van der Waals surface area (Å²) in [6, 6.07) is -0.221. The van der Waals surface area contributed by atoms with Crippen molar-refractivity contribution in [2.45, 2.75) is 18.6 Å². The molecule has 3 rings (SSSR count).